The van der Waals surface area contributed by atoms with Crippen LogP contribution in [0.25, 0.3) is 0 Å². The zero-order valence-corrected chi connectivity index (χ0v) is 13.2. The van der Waals surface area contributed by atoms with Crippen LogP contribution in [0.15, 0.2) is 54.7 Å². The highest BCUT2D eigenvalue weighted by atomic mass is 15.4. The van der Waals surface area contributed by atoms with Crippen molar-refractivity contribution in [1.82, 2.24) is 15.0 Å². The summed E-state index contributed by atoms with van der Waals surface area (Å²) in [5.41, 5.74) is 6.35. The third-order valence-electron chi connectivity index (χ3n) is 4.01. The average Bonchev–Trinajstić information content (AvgIpc) is 2.97. The van der Waals surface area contributed by atoms with Gasteiger partial charge >= 0.3 is 0 Å². The minimum atomic E-state index is 0.775. The maximum absolute atomic E-state index is 4.28. The molecule has 0 aliphatic carbocycles. The van der Waals surface area contributed by atoms with Crippen molar-refractivity contribution in [2.75, 3.05) is 0 Å². The molecule has 22 heavy (non-hydrogen) atoms. The number of aryl methyl sites for hydroxylation is 4. The van der Waals surface area contributed by atoms with E-state index in [1.807, 2.05) is 29.1 Å². The smallest absolute Gasteiger partial charge is 0.0830 e. The van der Waals surface area contributed by atoms with E-state index >= 15 is 0 Å². The van der Waals surface area contributed by atoms with Crippen LogP contribution in [-0.2, 0) is 19.4 Å². The average molecular weight is 291 g/mol. The number of hydrogen-bond acceptors (Lipinski definition) is 2. The summed E-state index contributed by atoms with van der Waals surface area (Å²) in [6.07, 6.45) is 3.98. The maximum Gasteiger partial charge on any atom is 0.0830 e. The number of hydrogen-bond donors (Lipinski definition) is 0. The van der Waals surface area contributed by atoms with Crippen LogP contribution in [0.2, 0.25) is 0 Å². The first-order chi connectivity index (χ1) is 10.7. The van der Waals surface area contributed by atoms with Crippen LogP contribution in [-0.4, -0.2) is 15.0 Å². The molecular weight excluding hydrogens is 270 g/mol. The molecule has 0 bridgehead atoms. The third-order valence-corrected chi connectivity index (χ3v) is 4.01. The molecule has 0 unspecified atom stereocenters. The van der Waals surface area contributed by atoms with Gasteiger partial charge in [0.15, 0.2) is 0 Å². The molecule has 0 fully saturated rings. The summed E-state index contributed by atoms with van der Waals surface area (Å²) in [7, 11) is 0. The summed E-state index contributed by atoms with van der Waals surface area (Å²) in [6.45, 7) is 5.08. The largest absolute Gasteiger partial charge is 0.248 e. The minimum Gasteiger partial charge on any atom is -0.248 e. The summed E-state index contributed by atoms with van der Waals surface area (Å²) >= 11 is 0. The number of nitrogens with zero attached hydrogens (tertiary/aromatic N) is 3. The zero-order chi connectivity index (χ0) is 15.4. The van der Waals surface area contributed by atoms with E-state index in [-0.39, 0.29) is 0 Å². The van der Waals surface area contributed by atoms with Crippen molar-refractivity contribution in [3.8, 4) is 0 Å². The van der Waals surface area contributed by atoms with Gasteiger partial charge in [0.2, 0.25) is 0 Å². The fourth-order valence-electron chi connectivity index (χ4n) is 2.53. The second kappa shape index (κ2) is 6.56. The zero-order valence-electron chi connectivity index (χ0n) is 13.2. The molecule has 1 heterocycles. The normalized spacial score (nSPS) is 10.8. The Kier molecular flexibility index (Phi) is 4.33. The Morgan fingerprint density at radius 3 is 2.45 bits per heavy atom. The summed E-state index contributed by atoms with van der Waals surface area (Å²) in [5.74, 6) is 0. The van der Waals surface area contributed by atoms with Crippen molar-refractivity contribution in [3.63, 3.8) is 0 Å². The van der Waals surface area contributed by atoms with Crippen LogP contribution in [0.5, 0.6) is 0 Å². The van der Waals surface area contributed by atoms with Gasteiger partial charge in [0, 0.05) is 6.20 Å². The molecule has 0 amide bonds. The van der Waals surface area contributed by atoms with Crippen LogP contribution in [0.3, 0.4) is 0 Å². The van der Waals surface area contributed by atoms with Crippen LogP contribution in [0, 0.1) is 13.8 Å². The molecule has 0 aliphatic rings. The Bertz CT molecular complexity index is 744. The van der Waals surface area contributed by atoms with Crippen molar-refractivity contribution >= 4 is 0 Å². The minimum absolute atomic E-state index is 0.775. The van der Waals surface area contributed by atoms with Crippen molar-refractivity contribution in [3.05, 3.63) is 82.7 Å². The predicted molar refractivity (Wildman–Crippen MR) is 88.9 cm³/mol. The van der Waals surface area contributed by atoms with Gasteiger partial charge in [0.05, 0.1) is 12.2 Å². The van der Waals surface area contributed by atoms with Crippen LogP contribution < -0.4 is 0 Å². The van der Waals surface area contributed by atoms with E-state index in [4.69, 9.17) is 0 Å². The first kappa shape index (κ1) is 14.5. The van der Waals surface area contributed by atoms with E-state index in [9.17, 15) is 0 Å². The van der Waals surface area contributed by atoms with Crippen LogP contribution in [0.4, 0.5) is 0 Å². The lowest BCUT2D eigenvalue weighted by Gasteiger charge is -2.04. The molecule has 0 saturated carbocycles. The van der Waals surface area contributed by atoms with Crippen LogP contribution >= 0.6 is 0 Å². The Labute approximate surface area is 131 Å². The van der Waals surface area contributed by atoms with Gasteiger partial charge in [-0.1, -0.05) is 53.7 Å². The van der Waals surface area contributed by atoms with Gasteiger partial charge in [0.25, 0.3) is 0 Å². The van der Waals surface area contributed by atoms with Gasteiger partial charge in [-0.2, -0.15) is 0 Å². The lowest BCUT2D eigenvalue weighted by atomic mass is 10.0. The second-order valence-corrected chi connectivity index (χ2v) is 5.81. The lowest BCUT2D eigenvalue weighted by Crippen LogP contribution is -1.99. The summed E-state index contributed by atoms with van der Waals surface area (Å²) < 4.78 is 1.91. The summed E-state index contributed by atoms with van der Waals surface area (Å²) in [6, 6.07) is 17.0. The highest BCUT2D eigenvalue weighted by Crippen LogP contribution is 2.12. The molecule has 112 valence electrons. The molecular formula is C19H21N3. The molecule has 3 aromatic rings. The van der Waals surface area contributed by atoms with Gasteiger partial charge in [-0.05, 0) is 48.9 Å². The predicted octanol–water partition coefficient (Wildman–Crippen LogP) is 3.73. The van der Waals surface area contributed by atoms with Gasteiger partial charge in [-0.3, -0.25) is 0 Å². The molecule has 0 spiro atoms. The molecule has 0 atom stereocenters. The van der Waals surface area contributed by atoms with Crippen molar-refractivity contribution < 1.29 is 0 Å². The number of rotatable bonds is 5. The molecule has 0 radical (unpaired) electrons. The molecule has 3 rings (SSSR count). The molecule has 1 aromatic heterocycles. The van der Waals surface area contributed by atoms with Gasteiger partial charge < -0.3 is 0 Å². The van der Waals surface area contributed by atoms with Crippen molar-refractivity contribution in [1.29, 1.82) is 0 Å². The fourth-order valence-corrected chi connectivity index (χ4v) is 2.53. The fraction of sp³-hybridized carbons (Fsp3) is 0.263. The maximum atomic E-state index is 4.28. The van der Waals surface area contributed by atoms with Gasteiger partial charge in [-0.25, -0.2) is 4.68 Å². The van der Waals surface area contributed by atoms with E-state index in [0.29, 0.717) is 0 Å². The molecule has 3 heteroatoms. The topological polar surface area (TPSA) is 30.7 Å². The molecule has 0 aliphatic heterocycles. The molecule has 3 nitrogen and oxygen atoms in total. The van der Waals surface area contributed by atoms with Gasteiger partial charge in [0.1, 0.15) is 0 Å². The Hall–Kier alpha value is -2.42. The standard InChI is InChI=1S/C19H21N3/c1-15-8-9-17(12-16(15)2)10-11-19-14-22(21-20-19)13-18-6-4-3-5-7-18/h3-9,12,14H,10-11,13H2,1-2H3. The van der Waals surface area contributed by atoms with E-state index in [1.54, 1.807) is 0 Å². The SMILES string of the molecule is Cc1ccc(CCc2cn(Cc3ccccc3)nn2)cc1C. The Morgan fingerprint density at radius 1 is 0.864 bits per heavy atom. The molecule has 2 aromatic carbocycles. The third kappa shape index (κ3) is 3.61. The van der Waals surface area contributed by atoms with E-state index in [1.165, 1.54) is 22.3 Å². The number of aromatic nitrogens is 3. The Balaban J connectivity index is 1.61. The monoisotopic (exact) mass is 291 g/mol. The Morgan fingerprint density at radius 2 is 1.68 bits per heavy atom. The van der Waals surface area contributed by atoms with E-state index in [2.05, 4.69) is 54.5 Å². The molecule has 0 saturated heterocycles. The van der Waals surface area contributed by atoms with Crippen molar-refractivity contribution in [2.45, 2.75) is 33.2 Å². The summed E-state index contributed by atoms with van der Waals surface area (Å²) in [4.78, 5) is 0. The highest BCUT2D eigenvalue weighted by molar-refractivity contribution is 5.30. The first-order valence-corrected chi connectivity index (χ1v) is 7.70. The van der Waals surface area contributed by atoms with Crippen molar-refractivity contribution in [2.24, 2.45) is 0 Å². The second-order valence-electron chi connectivity index (χ2n) is 5.81. The van der Waals surface area contributed by atoms with E-state index in [0.717, 1.165) is 25.1 Å². The summed E-state index contributed by atoms with van der Waals surface area (Å²) in [5, 5.41) is 8.50. The molecule has 0 N–H and O–H groups in total. The number of benzene rings is 2. The van der Waals surface area contributed by atoms with E-state index < -0.39 is 0 Å². The van der Waals surface area contributed by atoms with Gasteiger partial charge in [-0.15, -0.1) is 5.10 Å². The quantitative estimate of drug-likeness (QED) is 0.717. The lowest BCUT2D eigenvalue weighted by molar-refractivity contribution is 0.649. The van der Waals surface area contributed by atoms with Crippen LogP contribution in [0.1, 0.15) is 27.9 Å². The highest BCUT2D eigenvalue weighted by Gasteiger charge is 2.03. The first-order valence-electron chi connectivity index (χ1n) is 7.70.